The number of nitrogens with zero attached hydrogens (tertiary/aromatic N) is 5. The molecule has 5 aromatic rings. The zero-order chi connectivity index (χ0) is 22.6. The molecule has 8 heteroatoms. The average molecular weight is 453 g/mol. The Morgan fingerprint density at radius 1 is 0.939 bits per heavy atom. The van der Waals surface area contributed by atoms with E-state index in [4.69, 9.17) is 10.1 Å². The summed E-state index contributed by atoms with van der Waals surface area (Å²) in [5.41, 5.74) is 4.84. The van der Waals surface area contributed by atoms with Gasteiger partial charge in [0, 0.05) is 41.6 Å². The Labute approximate surface area is 194 Å². The molecule has 0 fully saturated rings. The second kappa shape index (κ2) is 9.13. The van der Waals surface area contributed by atoms with Gasteiger partial charge in [0.1, 0.15) is 16.4 Å². The van der Waals surface area contributed by atoms with Gasteiger partial charge in [-0.25, -0.2) is 9.67 Å². The summed E-state index contributed by atoms with van der Waals surface area (Å²) >= 11 is 1.52. The summed E-state index contributed by atoms with van der Waals surface area (Å²) < 4.78 is 1.47. The molecular weight excluding hydrogens is 432 g/mol. The van der Waals surface area contributed by atoms with Crippen LogP contribution in [0.15, 0.2) is 89.6 Å². The molecule has 0 spiro atoms. The highest BCUT2D eigenvalue weighted by Gasteiger charge is 2.22. The van der Waals surface area contributed by atoms with E-state index in [0.717, 1.165) is 16.1 Å². The monoisotopic (exact) mass is 452 g/mol. The Kier molecular flexibility index (Phi) is 5.73. The predicted octanol–water partition coefficient (Wildman–Crippen LogP) is 5.25. The molecule has 0 bridgehead atoms. The van der Waals surface area contributed by atoms with E-state index in [9.17, 15) is 4.79 Å². The molecule has 5 rings (SSSR count). The van der Waals surface area contributed by atoms with E-state index in [1.165, 1.54) is 16.0 Å². The van der Waals surface area contributed by atoms with Gasteiger partial charge in [-0.1, -0.05) is 30.3 Å². The topological polar surface area (TPSA) is 85.6 Å². The van der Waals surface area contributed by atoms with Crippen molar-refractivity contribution in [2.45, 2.75) is 13.5 Å². The molecule has 0 unspecified atom stereocenters. The first kappa shape index (κ1) is 20.7. The number of thiazole rings is 1. The summed E-state index contributed by atoms with van der Waals surface area (Å²) in [5.74, 6) is 0. The number of anilines is 2. The Balaban J connectivity index is 1.76. The van der Waals surface area contributed by atoms with E-state index in [1.807, 2.05) is 66.9 Å². The third kappa shape index (κ3) is 4.16. The zero-order valence-corrected chi connectivity index (χ0v) is 18.7. The minimum absolute atomic E-state index is 0.213. The lowest BCUT2D eigenvalue weighted by Gasteiger charge is -2.16. The maximum atomic E-state index is 13.4. The highest BCUT2D eigenvalue weighted by Crippen LogP contribution is 2.38. The van der Waals surface area contributed by atoms with E-state index < -0.39 is 0 Å². The fraction of sp³-hybridized carbons (Fsp3) is 0.0800. The first-order chi connectivity index (χ1) is 16.2. The number of rotatable bonds is 6. The summed E-state index contributed by atoms with van der Waals surface area (Å²) in [7, 11) is 0. The maximum Gasteiger partial charge on any atom is 0.291 e. The van der Waals surface area contributed by atoms with E-state index in [0.29, 0.717) is 34.9 Å². The molecule has 0 atom stereocenters. The van der Waals surface area contributed by atoms with Gasteiger partial charge in [-0.05, 0) is 31.2 Å². The molecule has 0 amide bonds. The third-order valence-corrected chi connectivity index (χ3v) is 6.01. The molecule has 0 saturated heterocycles. The minimum Gasteiger partial charge on any atom is -0.349 e. The van der Waals surface area contributed by atoms with Gasteiger partial charge in [0.25, 0.3) is 5.56 Å². The van der Waals surface area contributed by atoms with Crippen molar-refractivity contribution in [3.05, 3.63) is 95.1 Å². The van der Waals surface area contributed by atoms with Gasteiger partial charge in [0.2, 0.25) is 0 Å². The molecule has 0 radical (unpaired) electrons. The molecule has 7 nitrogen and oxygen atoms in total. The Bertz CT molecular complexity index is 1430. The van der Waals surface area contributed by atoms with Gasteiger partial charge < -0.3 is 5.32 Å². The normalized spacial score (nSPS) is 10.8. The second-order valence-electron chi connectivity index (χ2n) is 7.23. The van der Waals surface area contributed by atoms with Gasteiger partial charge >= 0.3 is 0 Å². The van der Waals surface area contributed by atoms with Gasteiger partial charge in [0.15, 0.2) is 0 Å². The van der Waals surface area contributed by atoms with Crippen molar-refractivity contribution in [1.82, 2.24) is 24.7 Å². The van der Waals surface area contributed by atoms with Crippen molar-refractivity contribution in [1.29, 1.82) is 0 Å². The Hall–Kier alpha value is -4.17. The lowest BCUT2D eigenvalue weighted by Crippen LogP contribution is -2.26. The largest absolute Gasteiger partial charge is 0.349 e. The second-order valence-corrected chi connectivity index (χ2v) is 8.08. The van der Waals surface area contributed by atoms with Crippen LogP contribution in [0.2, 0.25) is 0 Å². The number of pyridine rings is 2. The molecule has 0 saturated carbocycles. The predicted molar refractivity (Wildman–Crippen MR) is 131 cm³/mol. The van der Waals surface area contributed by atoms with Crippen molar-refractivity contribution >= 4 is 22.7 Å². The first-order valence-electron chi connectivity index (χ1n) is 10.5. The standard InChI is InChI=1S/C25H20N6OS/c1-2-31-25(32)23(28-19-9-6-12-27-15-19)21(22(30-31)17-7-4-3-5-8-17)20-16-33-24(29-20)18-10-13-26-14-11-18/h3-16,28H,2H2,1H3. The lowest BCUT2D eigenvalue weighted by atomic mass is 10.0. The Morgan fingerprint density at radius 2 is 1.76 bits per heavy atom. The molecule has 0 aliphatic heterocycles. The van der Waals surface area contributed by atoms with Crippen molar-refractivity contribution < 1.29 is 0 Å². The summed E-state index contributed by atoms with van der Waals surface area (Å²) in [5, 5.41) is 10.8. The summed E-state index contributed by atoms with van der Waals surface area (Å²) in [4.78, 5) is 26.6. The lowest BCUT2D eigenvalue weighted by molar-refractivity contribution is 0.621. The van der Waals surface area contributed by atoms with E-state index >= 15 is 0 Å². The smallest absolute Gasteiger partial charge is 0.291 e. The van der Waals surface area contributed by atoms with Crippen LogP contribution in [-0.2, 0) is 6.54 Å². The van der Waals surface area contributed by atoms with Crippen molar-refractivity contribution in [3.8, 4) is 33.1 Å². The molecule has 33 heavy (non-hydrogen) atoms. The highest BCUT2D eigenvalue weighted by atomic mass is 32.1. The number of nitrogens with one attached hydrogen (secondary N) is 1. The number of benzene rings is 1. The van der Waals surface area contributed by atoms with Gasteiger partial charge in [-0.2, -0.15) is 5.10 Å². The van der Waals surface area contributed by atoms with Crippen molar-refractivity contribution in [2.75, 3.05) is 5.32 Å². The number of aromatic nitrogens is 5. The van der Waals surface area contributed by atoms with Crippen LogP contribution >= 0.6 is 11.3 Å². The number of hydrogen-bond acceptors (Lipinski definition) is 7. The number of hydrogen-bond donors (Lipinski definition) is 1. The van der Waals surface area contributed by atoms with Crippen LogP contribution in [0.4, 0.5) is 11.4 Å². The van der Waals surface area contributed by atoms with E-state index in [1.54, 1.807) is 24.8 Å². The summed E-state index contributed by atoms with van der Waals surface area (Å²) in [6, 6.07) is 17.4. The maximum absolute atomic E-state index is 13.4. The minimum atomic E-state index is -0.213. The van der Waals surface area contributed by atoms with Crippen LogP contribution in [-0.4, -0.2) is 24.7 Å². The van der Waals surface area contributed by atoms with Gasteiger partial charge in [0.05, 0.1) is 23.1 Å². The molecule has 1 aromatic carbocycles. The van der Waals surface area contributed by atoms with Crippen LogP contribution in [0.5, 0.6) is 0 Å². The van der Waals surface area contributed by atoms with E-state index in [2.05, 4.69) is 15.3 Å². The van der Waals surface area contributed by atoms with Gasteiger partial charge in [-0.3, -0.25) is 14.8 Å². The zero-order valence-electron chi connectivity index (χ0n) is 17.8. The summed E-state index contributed by atoms with van der Waals surface area (Å²) in [6.07, 6.45) is 6.86. The fourth-order valence-corrected chi connectivity index (χ4v) is 4.36. The van der Waals surface area contributed by atoms with Crippen molar-refractivity contribution in [2.24, 2.45) is 0 Å². The summed E-state index contributed by atoms with van der Waals surface area (Å²) in [6.45, 7) is 2.35. The van der Waals surface area contributed by atoms with Crippen LogP contribution in [0.3, 0.4) is 0 Å². The molecule has 4 aromatic heterocycles. The molecule has 162 valence electrons. The fourth-order valence-electron chi connectivity index (χ4n) is 3.54. The first-order valence-corrected chi connectivity index (χ1v) is 11.4. The molecule has 4 heterocycles. The molecular formula is C25H20N6OS. The average Bonchev–Trinajstić information content (AvgIpc) is 3.37. The molecule has 1 N–H and O–H groups in total. The van der Waals surface area contributed by atoms with Crippen LogP contribution in [0, 0.1) is 0 Å². The van der Waals surface area contributed by atoms with Crippen molar-refractivity contribution in [3.63, 3.8) is 0 Å². The van der Waals surface area contributed by atoms with Crippen LogP contribution < -0.4 is 10.9 Å². The van der Waals surface area contributed by atoms with Gasteiger partial charge in [-0.15, -0.1) is 11.3 Å². The van der Waals surface area contributed by atoms with E-state index in [-0.39, 0.29) is 5.56 Å². The molecule has 0 aliphatic rings. The highest BCUT2D eigenvalue weighted by molar-refractivity contribution is 7.13. The third-order valence-electron chi connectivity index (χ3n) is 5.12. The quantitative estimate of drug-likeness (QED) is 0.378. The number of aryl methyl sites for hydroxylation is 1. The Morgan fingerprint density at radius 3 is 2.48 bits per heavy atom. The van der Waals surface area contributed by atoms with Crippen LogP contribution in [0.1, 0.15) is 6.92 Å². The SMILES string of the molecule is CCn1nc(-c2ccccc2)c(-c2csc(-c3ccncc3)n2)c(Nc2cccnc2)c1=O. The van der Waals surface area contributed by atoms with Crippen LogP contribution in [0.25, 0.3) is 33.1 Å². The molecule has 0 aliphatic carbocycles.